The number of rotatable bonds is 5. The fraction of sp³-hybridized carbons (Fsp3) is 0.174. The molecule has 0 aliphatic carbocycles. The highest BCUT2D eigenvalue weighted by molar-refractivity contribution is 7.12. The van der Waals surface area contributed by atoms with E-state index in [-0.39, 0.29) is 17.9 Å². The summed E-state index contributed by atoms with van der Waals surface area (Å²) in [6.07, 6.45) is -0.00152. The van der Waals surface area contributed by atoms with Crippen LogP contribution in [0.4, 0.5) is 5.69 Å². The SMILES string of the molecule is Cc1cccc(NC(=O)Cc2c(C)[nH]n(-c3nc(-c4ccccc4)cs3)c2=O)c1C. The second-order valence-corrected chi connectivity index (χ2v) is 8.05. The molecule has 0 saturated heterocycles. The van der Waals surface area contributed by atoms with Gasteiger partial charge in [-0.2, -0.15) is 4.68 Å². The molecule has 0 aliphatic rings. The average molecular weight is 419 g/mol. The molecule has 30 heavy (non-hydrogen) atoms. The molecule has 0 atom stereocenters. The second kappa shape index (κ2) is 8.12. The predicted octanol–water partition coefficient (Wildman–Crippen LogP) is 4.40. The van der Waals surface area contributed by atoms with Gasteiger partial charge in [0.25, 0.3) is 5.56 Å². The van der Waals surface area contributed by atoms with E-state index in [9.17, 15) is 9.59 Å². The third-order valence-corrected chi connectivity index (χ3v) is 5.99. The van der Waals surface area contributed by atoms with Crippen LogP contribution in [0.15, 0.2) is 58.7 Å². The number of amides is 1. The minimum atomic E-state index is -0.252. The molecule has 0 radical (unpaired) electrons. The molecule has 0 saturated carbocycles. The monoisotopic (exact) mass is 418 g/mol. The zero-order valence-electron chi connectivity index (χ0n) is 17.0. The van der Waals surface area contributed by atoms with Crippen LogP contribution >= 0.6 is 11.3 Å². The largest absolute Gasteiger partial charge is 0.326 e. The first-order valence-corrected chi connectivity index (χ1v) is 10.5. The molecule has 0 unspecified atom stereocenters. The highest BCUT2D eigenvalue weighted by Gasteiger charge is 2.18. The molecule has 0 spiro atoms. The van der Waals surface area contributed by atoms with Crippen LogP contribution in [0.25, 0.3) is 16.4 Å². The lowest BCUT2D eigenvalue weighted by atomic mass is 10.1. The lowest BCUT2D eigenvalue weighted by Gasteiger charge is -2.09. The summed E-state index contributed by atoms with van der Waals surface area (Å²) in [5, 5.41) is 8.43. The molecule has 7 heteroatoms. The standard InChI is InChI=1S/C23H22N4O2S/c1-14-8-7-11-19(15(14)2)24-21(28)12-18-16(3)26-27(22(18)29)23-25-20(13-30-23)17-9-5-4-6-10-17/h4-11,13,26H,12H2,1-3H3,(H,24,28). The number of aryl methyl sites for hydroxylation is 2. The summed E-state index contributed by atoms with van der Waals surface area (Å²) in [5.74, 6) is -0.223. The van der Waals surface area contributed by atoms with Gasteiger partial charge in [0.2, 0.25) is 11.0 Å². The number of carbonyl (C=O) groups is 1. The number of benzene rings is 2. The summed E-state index contributed by atoms with van der Waals surface area (Å²) >= 11 is 1.38. The molecule has 4 rings (SSSR count). The topological polar surface area (TPSA) is 79.8 Å². The zero-order valence-corrected chi connectivity index (χ0v) is 17.8. The molecular weight excluding hydrogens is 396 g/mol. The number of anilines is 1. The van der Waals surface area contributed by atoms with Crippen LogP contribution in [0.2, 0.25) is 0 Å². The fourth-order valence-corrected chi connectivity index (χ4v) is 4.06. The number of hydrogen-bond donors (Lipinski definition) is 2. The number of nitrogens with zero attached hydrogens (tertiary/aromatic N) is 2. The second-order valence-electron chi connectivity index (χ2n) is 7.21. The molecule has 0 fully saturated rings. The van der Waals surface area contributed by atoms with Gasteiger partial charge >= 0.3 is 0 Å². The average Bonchev–Trinajstić information content (AvgIpc) is 3.33. The van der Waals surface area contributed by atoms with Crippen molar-refractivity contribution >= 4 is 22.9 Å². The summed E-state index contributed by atoms with van der Waals surface area (Å²) in [4.78, 5) is 30.1. The van der Waals surface area contributed by atoms with Crippen molar-refractivity contribution in [3.05, 3.63) is 86.6 Å². The molecule has 6 nitrogen and oxygen atoms in total. The van der Waals surface area contributed by atoms with Crippen molar-refractivity contribution in [2.75, 3.05) is 5.32 Å². The molecule has 0 bridgehead atoms. The first-order chi connectivity index (χ1) is 14.4. The Labute approximate surface area is 178 Å². The van der Waals surface area contributed by atoms with Gasteiger partial charge in [0.1, 0.15) is 0 Å². The molecule has 152 valence electrons. The summed E-state index contributed by atoms with van der Waals surface area (Å²) < 4.78 is 1.41. The van der Waals surface area contributed by atoms with Gasteiger partial charge in [0.05, 0.1) is 12.1 Å². The van der Waals surface area contributed by atoms with E-state index in [4.69, 9.17) is 0 Å². The highest BCUT2D eigenvalue weighted by atomic mass is 32.1. The van der Waals surface area contributed by atoms with Crippen molar-refractivity contribution in [1.29, 1.82) is 0 Å². The van der Waals surface area contributed by atoms with Crippen LogP contribution in [-0.4, -0.2) is 20.7 Å². The zero-order chi connectivity index (χ0) is 21.3. The minimum Gasteiger partial charge on any atom is -0.326 e. The van der Waals surface area contributed by atoms with Crippen LogP contribution in [0, 0.1) is 20.8 Å². The third kappa shape index (κ3) is 3.84. The minimum absolute atomic E-state index is 0.00152. The Morgan fingerprint density at radius 3 is 2.63 bits per heavy atom. The van der Waals surface area contributed by atoms with Gasteiger partial charge in [-0.15, -0.1) is 11.3 Å². The van der Waals surface area contributed by atoms with Crippen molar-refractivity contribution in [2.24, 2.45) is 0 Å². The van der Waals surface area contributed by atoms with Gasteiger partial charge in [0.15, 0.2) is 0 Å². The Hall–Kier alpha value is -3.45. The Morgan fingerprint density at radius 1 is 1.10 bits per heavy atom. The Morgan fingerprint density at radius 2 is 1.87 bits per heavy atom. The quantitative estimate of drug-likeness (QED) is 0.504. The van der Waals surface area contributed by atoms with E-state index >= 15 is 0 Å². The summed E-state index contributed by atoms with van der Waals surface area (Å²) in [5.41, 5.74) is 5.53. The van der Waals surface area contributed by atoms with Crippen molar-refractivity contribution in [2.45, 2.75) is 27.2 Å². The smallest absolute Gasteiger partial charge is 0.277 e. The molecular formula is C23H22N4O2S. The van der Waals surface area contributed by atoms with E-state index in [0.717, 1.165) is 28.1 Å². The van der Waals surface area contributed by atoms with E-state index < -0.39 is 0 Å². The van der Waals surface area contributed by atoms with Crippen LogP contribution in [-0.2, 0) is 11.2 Å². The van der Waals surface area contributed by atoms with Gasteiger partial charge in [0, 0.05) is 27.9 Å². The lowest BCUT2D eigenvalue weighted by Crippen LogP contribution is -2.22. The van der Waals surface area contributed by atoms with Gasteiger partial charge in [-0.25, -0.2) is 4.98 Å². The van der Waals surface area contributed by atoms with Gasteiger partial charge in [-0.1, -0.05) is 42.5 Å². The van der Waals surface area contributed by atoms with Gasteiger partial charge in [-0.3, -0.25) is 14.7 Å². The Kier molecular flexibility index (Phi) is 5.37. The number of aromatic nitrogens is 3. The number of aromatic amines is 1. The van der Waals surface area contributed by atoms with Crippen molar-refractivity contribution in [3.63, 3.8) is 0 Å². The van der Waals surface area contributed by atoms with E-state index in [1.807, 2.05) is 67.8 Å². The molecule has 0 aliphatic heterocycles. The van der Waals surface area contributed by atoms with Crippen molar-refractivity contribution < 1.29 is 4.79 Å². The van der Waals surface area contributed by atoms with Crippen molar-refractivity contribution in [3.8, 4) is 16.4 Å². The molecule has 2 aromatic heterocycles. The van der Waals surface area contributed by atoms with Crippen LogP contribution in [0.1, 0.15) is 22.4 Å². The first-order valence-electron chi connectivity index (χ1n) is 9.62. The third-order valence-electron chi connectivity index (χ3n) is 5.16. The van der Waals surface area contributed by atoms with Crippen LogP contribution < -0.4 is 10.9 Å². The maximum Gasteiger partial charge on any atom is 0.277 e. The normalized spacial score (nSPS) is 10.9. The van der Waals surface area contributed by atoms with E-state index in [1.54, 1.807) is 6.92 Å². The molecule has 1 amide bonds. The van der Waals surface area contributed by atoms with Gasteiger partial charge in [-0.05, 0) is 38.0 Å². The van der Waals surface area contributed by atoms with E-state index in [0.29, 0.717) is 16.4 Å². The first kappa shape index (κ1) is 19.8. The Bertz CT molecular complexity index is 1270. The lowest BCUT2D eigenvalue weighted by molar-refractivity contribution is -0.115. The van der Waals surface area contributed by atoms with Crippen molar-refractivity contribution in [1.82, 2.24) is 14.8 Å². The van der Waals surface area contributed by atoms with E-state index in [1.165, 1.54) is 16.0 Å². The van der Waals surface area contributed by atoms with Crippen LogP contribution in [0.5, 0.6) is 0 Å². The van der Waals surface area contributed by atoms with Gasteiger partial charge < -0.3 is 5.32 Å². The molecule has 2 aromatic carbocycles. The molecule has 2 N–H and O–H groups in total. The number of nitrogens with one attached hydrogen (secondary N) is 2. The highest BCUT2D eigenvalue weighted by Crippen LogP contribution is 2.23. The summed E-state index contributed by atoms with van der Waals surface area (Å²) in [6.45, 7) is 5.76. The molecule has 2 heterocycles. The number of H-pyrrole nitrogens is 1. The molecule has 4 aromatic rings. The predicted molar refractivity (Wildman–Crippen MR) is 120 cm³/mol. The van der Waals surface area contributed by atoms with Crippen LogP contribution in [0.3, 0.4) is 0 Å². The maximum absolute atomic E-state index is 13.0. The Balaban J connectivity index is 1.57. The fourth-order valence-electron chi connectivity index (χ4n) is 3.27. The maximum atomic E-state index is 13.0. The summed E-state index contributed by atoms with van der Waals surface area (Å²) in [6, 6.07) is 15.6. The number of hydrogen-bond acceptors (Lipinski definition) is 4. The summed E-state index contributed by atoms with van der Waals surface area (Å²) in [7, 11) is 0. The number of thiazole rings is 1. The van der Waals surface area contributed by atoms with E-state index in [2.05, 4.69) is 15.4 Å². The number of carbonyl (C=O) groups excluding carboxylic acids is 1.